The van der Waals surface area contributed by atoms with Crippen LogP contribution in [0.3, 0.4) is 0 Å². The van der Waals surface area contributed by atoms with Gasteiger partial charge >= 0.3 is 11.9 Å². The van der Waals surface area contributed by atoms with Gasteiger partial charge in [0.05, 0.1) is 24.8 Å². The Kier molecular flexibility index (Phi) is 7.87. The van der Waals surface area contributed by atoms with Crippen molar-refractivity contribution in [3.63, 3.8) is 0 Å². The summed E-state index contributed by atoms with van der Waals surface area (Å²) in [6.07, 6.45) is 1.67. The first-order valence-corrected chi connectivity index (χ1v) is 9.15. The van der Waals surface area contributed by atoms with Gasteiger partial charge in [-0.1, -0.05) is 13.3 Å². The molecule has 0 heterocycles. The largest absolute Gasteiger partial charge is 0.465 e. The second-order valence-corrected chi connectivity index (χ2v) is 7.16. The maximum absolute atomic E-state index is 12.3. The van der Waals surface area contributed by atoms with Crippen molar-refractivity contribution in [1.29, 1.82) is 0 Å². The fourth-order valence-electron chi connectivity index (χ4n) is 1.50. The van der Waals surface area contributed by atoms with Gasteiger partial charge in [-0.3, -0.25) is 0 Å². The quantitative estimate of drug-likeness (QED) is 0.210. The molecule has 1 aromatic carbocycles. The van der Waals surface area contributed by atoms with Crippen molar-refractivity contribution in [2.24, 2.45) is 0 Å². The summed E-state index contributed by atoms with van der Waals surface area (Å²) in [5.74, 6) is -1.21. The summed E-state index contributed by atoms with van der Waals surface area (Å²) in [4.78, 5) is 24.3. The smallest absolute Gasteiger partial charge is 0.340 e. The molecule has 0 atom stereocenters. The van der Waals surface area contributed by atoms with Crippen molar-refractivity contribution in [1.82, 2.24) is 0 Å². The first-order valence-electron chi connectivity index (χ1n) is 5.98. The average Bonchev–Trinajstić information content (AvgIpc) is 2.47. The summed E-state index contributed by atoms with van der Waals surface area (Å²) in [5.41, 5.74) is 0.237. The van der Waals surface area contributed by atoms with E-state index in [4.69, 9.17) is 9.47 Å². The first kappa shape index (κ1) is 19.1. The lowest BCUT2D eigenvalue weighted by Crippen LogP contribution is -2.16. The molecule has 0 N–H and O–H groups in total. The average molecular weight is 552 g/mol. The minimum absolute atomic E-state index is 0.112. The number of rotatable bonds is 5. The van der Waals surface area contributed by atoms with Crippen molar-refractivity contribution in [2.45, 2.75) is 19.8 Å². The molecule has 8 heteroatoms. The highest BCUT2D eigenvalue weighted by Crippen LogP contribution is 2.42. The number of benzene rings is 1. The molecule has 0 radical (unpaired) electrons. The fourth-order valence-corrected chi connectivity index (χ4v) is 3.94. The maximum Gasteiger partial charge on any atom is 0.340 e. The van der Waals surface area contributed by atoms with Crippen molar-refractivity contribution in [2.75, 3.05) is 13.7 Å². The maximum atomic E-state index is 12.3. The molecule has 4 nitrogen and oxygen atoms in total. The van der Waals surface area contributed by atoms with Crippen LogP contribution in [0.2, 0.25) is 0 Å². The van der Waals surface area contributed by atoms with Gasteiger partial charge in [0.2, 0.25) is 0 Å². The predicted molar refractivity (Wildman–Crippen MR) is 93.8 cm³/mol. The molecule has 0 aliphatic carbocycles. The minimum Gasteiger partial charge on any atom is -0.465 e. The lowest BCUT2D eigenvalue weighted by Gasteiger charge is -2.15. The summed E-state index contributed by atoms with van der Waals surface area (Å²) in [6.45, 7) is 2.30. The van der Waals surface area contributed by atoms with Gasteiger partial charge in [0, 0.05) is 17.9 Å². The van der Waals surface area contributed by atoms with Crippen LogP contribution >= 0.6 is 63.7 Å². The molecule has 0 bridgehead atoms. The molecule has 0 unspecified atom stereocenters. The van der Waals surface area contributed by atoms with Crippen LogP contribution in [0, 0.1) is 0 Å². The highest BCUT2D eigenvalue weighted by atomic mass is 79.9. The third-order valence-electron chi connectivity index (χ3n) is 2.59. The minimum atomic E-state index is -0.627. The summed E-state index contributed by atoms with van der Waals surface area (Å²) in [6, 6.07) is 0. The first-order chi connectivity index (χ1) is 9.86. The van der Waals surface area contributed by atoms with E-state index in [0.717, 1.165) is 12.8 Å². The SMILES string of the molecule is CCCCOC(=O)c1c(Br)c(Br)c(Br)c(Br)c1C(=O)OC. The van der Waals surface area contributed by atoms with Gasteiger partial charge in [0.15, 0.2) is 0 Å². The molecular weight excluding hydrogens is 540 g/mol. The molecular formula is C13H12Br4O4. The molecule has 1 aromatic rings. The van der Waals surface area contributed by atoms with Crippen LogP contribution < -0.4 is 0 Å². The molecule has 0 aromatic heterocycles. The van der Waals surface area contributed by atoms with Gasteiger partial charge in [0.25, 0.3) is 0 Å². The third-order valence-corrected chi connectivity index (χ3v) is 7.36. The van der Waals surface area contributed by atoms with Gasteiger partial charge in [0.1, 0.15) is 0 Å². The molecule has 0 amide bonds. The zero-order valence-electron chi connectivity index (χ0n) is 11.3. The van der Waals surface area contributed by atoms with Gasteiger partial charge in [-0.2, -0.15) is 0 Å². The number of carbonyl (C=O) groups excluding carboxylic acids is 2. The lowest BCUT2D eigenvalue weighted by atomic mass is 10.1. The zero-order valence-corrected chi connectivity index (χ0v) is 17.6. The molecule has 0 aliphatic heterocycles. The van der Waals surface area contributed by atoms with Crippen LogP contribution in [0.1, 0.15) is 40.5 Å². The van der Waals surface area contributed by atoms with Crippen molar-refractivity contribution < 1.29 is 19.1 Å². The highest BCUT2D eigenvalue weighted by Gasteiger charge is 2.29. The number of hydrogen-bond acceptors (Lipinski definition) is 4. The van der Waals surface area contributed by atoms with E-state index >= 15 is 0 Å². The second kappa shape index (κ2) is 8.64. The van der Waals surface area contributed by atoms with Crippen LogP contribution in [0.25, 0.3) is 0 Å². The van der Waals surface area contributed by atoms with Crippen molar-refractivity contribution >= 4 is 75.7 Å². The Morgan fingerprint density at radius 3 is 1.81 bits per heavy atom. The number of esters is 2. The third kappa shape index (κ3) is 4.30. The number of ether oxygens (including phenoxy) is 2. The predicted octanol–water partition coefficient (Wildman–Crippen LogP) is 5.48. The zero-order chi connectivity index (χ0) is 16.2. The Bertz CT molecular complexity index is 572. The number of methoxy groups -OCH3 is 1. The Balaban J connectivity index is 3.40. The number of hydrogen-bond donors (Lipinski definition) is 0. The topological polar surface area (TPSA) is 52.6 Å². The second-order valence-electron chi connectivity index (χ2n) is 3.99. The van der Waals surface area contributed by atoms with E-state index in [9.17, 15) is 9.59 Å². The van der Waals surface area contributed by atoms with Gasteiger partial charge < -0.3 is 9.47 Å². The lowest BCUT2D eigenvalue weighted by molar-refractivity contribution is 0.0480. The Labute approximate surface area is 156 Å². The van der Waals surface area contributed by atoms with E-state index in [-0.39, 0.29) is 11.1 Å². The molecule has 1 rings (SSSR count). The molecule has 0 fully saturated rings. The number of halogens is 4. The summed E-state index contributed by atoms with van der Waals surface area (Å²) >= 11 is 13.3. The van der Waals surface area contributed by atoms with Crippen LogP contribution in [0.4, 0.5) is 0 Å². The Morgan fingerprint density at radius 1 is 0.905 bits per heavy atom. The van der Waals surface area contributed by atoms with Crippen LogP contribution in [0.15, 0.2) is 17.9 Å². The normalized spacial score (nSPS) is 10.4. The van der Waals surface area contributed by atoms with Crippen LogP contribution in [-0.4, -0.2) is 25.7 Å². The van der Waals surface area contributed by atoms with E-state index in [1.165, 1.54) is 7.11 Å². The van der Waals surface area contributed by atoms with E-state index < -0.39 is 11.9 Å². The van der Waals surface area contributed by atoms with Crippen LogP contribution in [-0.2, 0) is 9.47 Å². The van der Waals surface area contributed by atoms with Crippen molar-refractivity contribution in [3.05, 3.63) is 29.0 Å². The molecule has 0 saturated carbocycles. The molecule has 116 valence electrons. The van der Waals surface area contributed by atoms with E-state index in [2.05, 4.69) is 63.7 Å². The number of unbranched alkanes of at least 4 members (excludes halogenated alkanes) is 1. The molecule has 21 heavy (non-hydrogen) atoms. The van der Waals surface area contributed by atoms with Crippen molar-refractivity contribution in [3.8, 4) is 0 Å². The molecule has 0 spiro atoms. The molecule has 0 aliphatic rings. The van der Waals surface area contributed by atoms with E-state index in [1.807, 2.05) is 6.92 Å². The Hall–Kier alpha value is 0.0800. The van der Waals surface area contributed by atoms with Gasteiger partial charge in [-0.25, -0.2) is 9.59 Å². The monoisotopic (exact) mass is 548 g/mol. The Morgan fingerprint density at radius 2 is 1.38 bits per heavy atom. The highest BCUT2D eigenvalue weighted by molar-refractivity contribution is 9.15. The van der Waals surface area contributed by atoms with E-state index in [1.54, 1.807) is 0 Å². The summed E-state index contributed by atoms with van der Waals surface area (Å²) in [7, 11) is 1.25. The van der Waals surface area contributed by atoms with Gasteiger partial charge in [-0.15, -0.1) is 0 Å². The molecule has 0 saturated heterocycles. The summed E-state index contributed by atoms with van der Waals surface area (Å²) < 4.78 is 12.0. The van der Waals surface area contributed by atoms with Gasteiger partial charge in [-0.05, 0) is 70.1 Å². The van der Waals surface area contributed by atoms with E-state index in [0.29, 0.717) is 24.5 Å². The summed E-state index contributed by atoms with van der Waals surface area (Å²) in [5, 5.41) is 0. The standard InChI is InChI=1S/C13H12Br4O4/c1-3-4-5-21-13(19)7-6(12(18)20-2)8(14)10(16)11(17)9(7)15/h3-5H2,1-2H3. The van der Waals surface area contributed by atoms with Crippen LogP contribution in [0.5, 0.6) is 0 Å². The number of carbonyl (C=O) groups is 2. The fraction of sp³-hybridized carbons (Fsp3) is 0.385.